The van der Waals surface area contributed by atoms with E-state index >= 15 is 0 Å². The van der Waals surface area contributed by atoms with Gasteiger partial charge < -0.3 is 5.11 Å². The van der Waals surface area contributed by atoms with Crippen molar-refractivity contribution >= 4 is 0 Å². The summed E-state index contributed by atoms with van der Waals surface area (Å²) < 4.78 is 14.0. The van der Waals surface area contributed by atoms with Gasteiger partial charge in [-0.05, 0) is 43.2 Å². The quantitative estimate of drug-likeness (QED) is 0.757. The van der Waals surface area contributed by atoms with Gasteiger partial charge in [-0.2, -0.15) is 0 Å². The van der Waals surface area contributed by atoms with E-state index in [4.69, 9.17) is 0 Å². The summed E-state index contributed by atoms with van der Waals surface area (Å²) in [5.41, 5.74) is 1.18. The van der Waals surface area contributed by atoms with Crippen molar-refractivity contribution in [1.82, 2.24) is 0 Å². The van der Waals surface area contributed by atoms with Crippen LogP contribution in [0.25, 0.3) is 0 Å². The fraction of sp³-hybridized carbons (Fsp3) is 0.571. The Kier molecular flexibility index (Phi) is 3.17. The van der Waals surface area contributed by atoms with E-state index in [1.807, 2.05) is 0 Å². The summed E-state index contributed by atoms with van der Waals surface area (Å²) >= 11 is 0. The summed E-state index contributed by atoms with van der Waals surface area (Å²) in [6.07, 6.45) is 4.51. The molecule has 0 amide bonds. The number of rotatable bonds is 1. The lowest BCUT2D eigenvalue weighted by Crippen LogP contribution is -2.12. The standard InChI is InChI=1S/C14H19FO/c1-9-3-5-11(6-4-9)12-7-8-13(16)10(2)14(12)15/h7-9,11,16H,3-6H2,1-2H3. The van der Waals surface area contributed by atoms with Crippen LogP contribution in [-0.4, -0.2) is 5.11 Å². The lowest BCUT2D eigenvalue weighted by molar-refractivity contribution is 0.341. The maximum Gasteiger partial charge on any atom is 0.133 e. The topological polar surface area (TPSA) is 20.2 Å². The van der Waals surface area contributed by atoms with Gasteiger partial charge in [-0.1, -0.05) is 25.8 Å². The number of aromatic hydroxyl groups is 1. The zero-order valence-electron chi connectivity index (χ0n) is 9.96. The van der Waals surface area contributed by atoms with Gasteiger partial charge in [-0.15, -0.1) is 0 Å². The number of hydrogen-bond acceptors (Lipinski definition) is 1. The molecule has 1 aromatic carbocycles. The van der Waals surface area contributed by atoms with Gasteiger partial charge >= 0.3 is 0 Å². The summed E-state index contributed by atoms with van der Waals surface area (Å²) in [6, 6.07) is 3.37. The van der Waals surface area contributed by atoms with E-state index in [-0.39, 0.29) is 11.6 Å². The molecule has 0 saturated heterocycles. The van der Waals surface area contributed by atoms with Crippen LogP contribution in [-0.2, 0) is 0 Å². The highest BCUT2D eigenvalue weighted by atomic mass is 19.1. The molecule has 0 bridgehead atoms. The predicted molar refractivity (Wildman–Crippen MR) is 63.2 cm³/mol. The molecule has 0 heterocycles. The Morgan fingerprint density at radius 1 is 1.19 bits per heavy atom. The SMILES string of the molecule is Cc1c(O)ccc(C2CCC(C)CC2)c1F. The van der Waals surface area contributed by atoms with Crippen LogP contribution in [0.5, 0.6) is 5.75 Å². The first-order valence-corrected chi connectivity index (χ1v) is 6.07. The molecular formula is C14H19FO. The van der Waals surface area contributed by atoms with Crippen molar-refractivity contribution in [3.05, 3.63) is 29.1 Å². The van der Waals surface area contributed by atoms with E-state index in [9.17, 15) is 9.50 Å². The Hall–Kier alpha value is -1.05. The third-order valence-corrected chi connectivity index (χ3v) is 3.84. The van der Waals surface area contributed by atoms with Crippen LogP contribution < -0.4 is 0 Å². The summed E-state index contributed by atoms with van der Waals surface area (Å²) in [5.74, 6) is 0.970. The van der Waals surface area contributed by atoms with Crippen molar-refractivity contribution in [2.45, 2.75) is 45.4 Å². The fourth-order valence-corrected chi connectivity index (χ4v) is 2.58. The van der Waals surface area contributed by atoms with Crippen LogP contribution in [0, 0.1) is 18.7 Å². The van der Waals surface area contributed by atoms with Crippen molar-refractivity contribution < 1.29 is 9.50 Å². The smallest absolute Gasteiger partial charge is 0.133 e. The van der Waals surface area contributed by atoms with Gasteiger partial charge in [-0.3, -0.25) is 0 Å². The molecule has 16 heavy (non-hydrogen) atoms. The van der Waals surface area contributed by atoms with Crippen molar-refractivity contribution in [2.24, 2.45) is 5.92 Å². The van der Waals surface area contributed by atoms with Gasteiger partial charge in [0, 0.05) is 5.56 Å². The maximum atomic E-state index is 14.0. The summed E-state index contributed by atoms with van der Waals surface area (Å²) in [4.78, 5) is 0. The van der Waals surface area contributed by atoms with Crippen molar-refractivity contribution in [3.63, 3.8) is 0 Å². The molecule has 1 aromatic rings. The molecule has 0 atom stereocenters. The molecule has 88 valence electrons. The number of benzene rings is 1. The van der Waals surface area contributed by atoms with Crippen LogP contribution in [0.1, 0.15) is 49.7 Å². The van der Waals surface area contributed by atoms with Gasteiger partial charge in [0.05, 0.1) is 0 Å². The first-order valence-electron chi connectivity index (χ1n) is 6.07. The third kappa shape index (κ3) is 2.06. The minimum Gasteiger partial charge on any atom is -0.508 e. The molecule has 0 unspecified atom stereocenters. The highest BCUT2D eigenvalue weighted by molar-refractivity contribution is 5.38. The Bertz CT molecular complexity index is 379. The van der Waals surface area contributed by atoms with Gasteiger partial charge in [0.1, 0.15) is 11.6 Å². The number of phenols is 1. The molecular weight excluding hydrogens is 203 g/mol. The second-order valence-corrected chi connectivity index (χ2v) is 5.07. The van der Waals surface area contributed by atoms with Crippen molar-refractivity contribution in [2.75, 3.05) is 0 Å². The first kappa shape index (κ1) is 11.4. The van der Waals surface area contributed by atoms with Gasteiger partial charge in [0.25, 0.3) is 0 Å². The largest absolute Gasteiger partial charge is 0.508 e. The van der Waals surface area contributed by atoms with E-state index in [1.165, 1.54) is 12.8 Å². The molecule has 2 heteroatoms. The van der Waals surface area contributed by atoms with E-state index in [0.717, 1.165) is 24.3 Å². The third-order valence-electron chi connectivity index (χ3n) is 3.84. The van der Waals surface area contributed by atoms with Crippen LogP contribution in [0.15, 0.2) is 12.1 Å². The minimum absolute atomic E-state index is 0.0606. The second kappa shape index (κ2) is 4.44. The highest BCUT2D eigenvalue weighted by Gasteiger charge is 2.23. The van der Waals surface area contributed by atoms with Crippen LogP contribution >= 0.6 is 0 Å². The van der Waals surface area contributed by atoms with E-state index in [2.05, 4.69) is 6.92 Å². The van der Waals surface area contributed by atoms with Gasteiger partial charge in [0.15, 0.2) is 0 Å². The molecule has 1 aliphatic carbocycles. The molecule has 1 nitrogen and oxygen atoms in total. The molecule has 1 saturated carbocycles. The molecule has 0 aliphatic heterocycles. The zero-order valence-corrected chi connectivity index (χ0v) is 9.96. The fourth-order valence-electron chi connectivity index (χ4n) is 2.58. The average Bonchev–Trinajstić information content (AvgIpc) is 2.28. The molecule has 0 aromatic heterocycles. The van der Waals surface area contributed by atoms with Crippen molar-refractivity contribution in [1.29, 1.82) is 0 Å². The van der Waals surface area contributed by atoms with Crippen LogP contribution in [0.4, 0.5) is 4.39 Å². The highest BCUT2D eigenvalue weighted by Crippen LogP contribution is 2.38. The predicted octanol–water partition coefficient (Wildman–Crippen LogP) is 4.13. The molecule has 1 aliphatic rings. The van der Waals surface area contributed by atoms with E-state index in [1.54, 1.807) is 19.1 Å². The van der Waals surface area contributed by atoms with Crippen molar-refractivity contribution in [3.8, 4) is 5.75 Å². The number of hydrogen-bond donors (Lipinski definition) is 1. The summed E-state index contributed by atoms with van der Waals surface area (Å²) in [6.45, 7) is 3.90. The lowest BCUT2D eigenvalue weighted by atomic mass is 9.79. The lowest BCUT2D eigenvalue weighted by Gasteiger charge is -2.27. The maximum absolute atomic E-state index is 14.0. The molecule has 0 spiro atoms. The minimum atomic E-state index is -0.209. The summed E-state index contributed by atoms with van der Waals surface area (Å²) in [5, 5.41) is 9.42. The monoisotopic (exact) mass is 222 g/mol. The van der Waals surface area contributed by atoms with Crippen LogP contribution in [0.2, 0.25) is 0 Å². The Morgan fingerprint density at radius 3 is 2.44 bits per heavy atom. The number of halogens is 1. The number of phenolic OH excluding ortho intramolecular Hbond substituents is 1. The molecule has 2 rings (SSSR count). The Balaban J connectivity index is 2.24. The normalized spacial score (nSPS) is 25.7. The Labute approximate surface area is 96.3 Å². The first-order chi connectivity index (χ1) is 7.59. The zero-order chi connectivity index (χ0) is 11.7. The van der Waals surface area contributed by atoms with Gasteiger partial charge in [0.2, 0.25) is 0 Å². The molecule has 1 N–H and O–H groups in total. The average molecular weight is 222 g/mol. The molecule has 1 fully saturated rings. The summed E-state index contributed by atoms with van der Waals surface area (Å²) in [7, 11) is 0. The van der Waals surface area contributed by atoms with Crippen LogP contribution in [0.3, 0.4) is 0 Å². The molecule has 0 radical (unpaired) electrons. The second-order valence-electron chi connectivity index (χ2n) is 5.07. The Morgan fingerprint density at radius 2 is 1.81 bits per heavy atom. The van der Waals surface area contributed by atoms with E-state index < -0.39 is 0 Å². The van der Waals surface area contributed by atoms with Gasteiger partial charge in [-0.25, -0.2) is 4.39 Å². The van der Waals surface area contributed by atoms with E-state index in [0.29, 0.717) is 11.5 Å².